The van der Waals surface area contributed by atoms with Gasteiger partial charge in [-0.2, -0.15) is 0 Å². The van der Waals surface area contributed by atoms with E-state index in [4.69, 9.17) is 4.74 Å². The van der Waals surface area contributed by atoms with E-state index in [1.165, 1.54) is 31.6 Å². The predicted octanol–water partition coefficient (Wildman–Crippen LogP) is 1.64. The third-order valence-corrected chi connectivity index (χ3v) is 3.83. The summed E-state index contributed by atoms with van der Waals surface area (Å²) < 4.78 is 5.78. The first kappa shape index (κ1) is 10.6. The lowest BCUT2D eigenvalue weighted by atomic mass is 10.1. The molecule has 0 amide bonds. The molecule has 1 unspecified atom stereocenters. The molecule has 0 bridgehead atoms. The zero-order chi connectivity index (χ0) is 7.57. The molecule has 2 heterocycles. The lowest BCUT2D eigenvalue weighted by Crippen LogP contribution is -2.25. The van der Waals surface area contributed by atoms with Crippen LogP contribution in [0.3, 0.4) is 0 Å². The van der Waals surface area contributed by atoms with Crippen molar-refractivity contribution in [3.8, 4) is 0 Å². The van der Waals surface area contributed by atoms with Crippen molar-refractivity contribution in [3.05, 3.63) is 0 Å². The summed E-state index contributed by atoms with van der Waals surface area (Å²) in [5.41, 5.74) is 0. The lowest BCUT2D eigenvalue weighted by Gasteiger charge is -2.24. The highest BCUT2D eigenvalue weighted by Gasteiger charge is 2.35. The largest absolute Gasteiger partial charge is 0.363 e. The molecule has 0 aromatic carbocycles. The number of ether oxygens (including phenoxy) is 1. The van der Waals surface area contributed by atoms with E-state index in [1.54, 1.807) is 0 Å². The van der Waals surface area contributed by atoms with Crippen LogP contribution in [0.5, 0.6) is 0 Å². The molecule has 0 radical (unpaired) electrons. The smallest absolute Gasteiger partial charge is 0.115 e. The maximum Gasteiger partial charge on any atom is 0.115 e. The molecule has 12 heavy (non-hydrogen) atoms. The molecule has 2 saturated heterocycles. The summed E-state index contributed by atoms with van der Waals surface area (Å²) >= 11 is 2.02. The van der Waals surface area contributed by atoms with Crippen molar-refractivity contribution in [2.24, 2.45) is 0 Å². The monoisotopic (exact) mass is 209 g/mol. The Kier molecular flexibility index (Phi) is 4.17. The van der Waals surface area contributed by atoms with Gasteiger partial charge in [-0.15, -0.1) is 24.2 Å². The zero-order valence-electron chi connectivity index (χ0n) is 7.17. The maximum absolute atomic E-state index is 5.78. The molecule has 2 aliphatic rings. The molecule has 2 aliphatic heterocycles. The van der Waals surface area contributed by atoms with Crippen LogP contribution in [-0.4, -0.2) is 30.4 Å². The van der Waals surface area contributed by atoms with Crippen LogP contribution >= 0.6 is 24.2 Å². The number of hydrogen-bond donors (Lipinski definition) is 1. The molecule has 0 aromatic heterocycles. The molecule has 0 aromatic rings. The third-order valence-electron chi connectivity index (χ3n) is 2.41. The Balaban J connectivity index is 0.000000720. The molecular formula is C8H16ClNOS. The standard InChI is InChI=1S/C8H15NOS.ClH/c1-2-8(3-5-9-4-1)10-6-7-11-8;/h9H,1-7H2;1H. The van der Waals surface area contributed by atoms with Gasteiger partial charge in [0, 0.05) is 5.75 Å². The van der Waals surface area contributed by atoms with Gasteiger partial charge in [-0.3, -0.25) is 0 Å². The first-order chi connectivity index (χ1) is 5.41. The van der Waals surface area contributed by atoms with Gasteiger partial charge in [0.25, 0.3) is 0 Å². The summed E-state index contributed by atoms with van der Waals surface area (Å²) in [7, 11) is 0. The minimum absolute atomic E-state index is 0. The van der Waals surface area contributed by atoms with Gasteiger partial charge in [0.2, 0.25) is 0 Å². The second-order valence-corrected chi connectivity index (χ2v) is 4.65. The number of halogens is 1. The van der Waals surface area contributed by atoms with E-state index in [9.17, 15) is 0 Å². The highest BCUT2D eigenvalue weighted by atomic mass is 35.5. The molecule has 1 atom stereocenters. The number of hydrogen-bond acceptors (Lipinski definition) is 3. The van der Waals surface area contributed by atoms with Crippen molar-refractivity contribution in [2.75, 3.05) is 25.4 Å². The average molecular weight is 210 g/mol. The molecule has 1 N–H and O–H groups in total. The summed E-state index contributed by atoms with van der Waals surface area (Å²) in [5.74, 6) is 1.19. The molecular weight excluding hydrogens is 194 g/mol. The molecule has 0 saturated carbocycles. The van der Waals surface area contributed by atoms with Crippen LogP contribution < -0.4 is 5.32 Å². The summed E-state index contributed by atoms with van der Waals surface area (Å²) in [6.07, 6.45) is 3.70. The van der Waals surface area contributed by atoms with Gasteiger partial charge in [-0.25, -0.2) is 0 Å². The fourth-order valence-corrected chi connectivity index (χ4v) is 3.04. The third kappa shape index (κ3) is 2.28. The second kappa shape index (κ2) is 4.70. The number of nitrogens with one attached hydrogen (secondary N) is 1. The minimum atomic E-state index is 0. The van der Waals surface area contributed by atoms with Crippen LogP contribution in [0.1, 0.15) is 19.3 Å². The first-order valence-electron chi connectivity index (χ1n) is 4.40. The molecule has 2 rings (SSSR count). The van der Waals surface area contributed by atoms with Crippen molar-refractivity contribution in [1.82, 2.24) is 5.32 Å². The van der Waals surface area contributed by atoms with Crippen molar-refractivity contribution < 1.29 is 4.74 Å². The highest BCUT2D eigenvalue weighted by Crippen LogP contribution is 2.40. The molecule has 1 spiro atoms. The van der Waals surface area contributed by atoms with E-state index in [0.29, 0.717) is 0 Å². The van der Waals surface area contributed by atoms with Crippen molar-refractivity contribution in [3.63, 3.8) is 0 Å². The van der Waals surface area contributed by atoms with Gasteiger partial charge < -0.3 is 10.1 Å². The summed E-state index contributed by atoms with van der Waals surface area (Å²) in [5, 5.41) is 3.41. The van der Waals surface area contributed by atoms with Crippen molar-refractivity contribution in [2.45, 2.75) is 24.2 Å². The molecule has 2 fully saturated rings. The Morgan fingerprint density at radius 3 is 2.92 bits per heavy atom. The Labute approximate surface area is 84.2 Å². The van der Waals surface area contributed by atoms with Gasteiger partial charge >= 0.3 is 0 Å². The van der Waals surface area contributed by atoms with Gasteiger partial charge in [-0.1, -0.05) is 0 Å². The van der Waals surface area contributed by atoms with Gasteiger partial charge in [-0.05, 0) is 32.4 Å². The summed E-state index contributed by atoms with van der Waals surface area (Å²) in [6, 6.07) is 0. The molecule has 4 heteroatoms. The SMILES string of the molecule is C1CNCCC2(C1)OCCS2.Cl. The fraction of sp³-hybridized carbons (Fsp3) is 1.00. The van der Waals surface area contributed by atoms with Crippen molar-refractivity contribution in [1.29, 1.82) is 0 Å². The van der Waals surface area contributed by atoms with E-state index < -0.39 is 0 Å². The zero-order valence-corrected chi connectivity index (χ0v) is 8.81. The minimum Gasteiger partial charge on any atom is -0.363 e. The maximum atomic E-state index is 5.78. The number of rotatable bonds is 0. The summed E-state index contributed by atoms with van der Waals surface area (Å²) in [4.78, 5) is 0.212. The van der Waals surface area contributed by atoms with E-state index >= 15 is 0 Å². The van der Waals surface area contributed by atoms with E-state index in [1.807, 2.05) is 11.8 Å². The fourth-order valence-electron chi connectivity index (χ4n) is 1.80. The lowest BCUT2D eigenvalue weighted by molar-refractivity contribution is 0.0428. The average Bonchev–Trinajstić information content (AvgIpc) is 2.32. The predicted molar refractivity (Wildman–Crippen MR) is 55.1 cm³/mol. The van der Waals surface area contributed by atoms with Crippen LogP contribution in [-0.2, 0) is 4.74 Å². The normalized spacial score (nSPS) is 36.0. The van der Waals surface area contributed by atoms with E-state index in [-0.39, 0.29) is 17.3 Å². The van der Waals surface area contributed by atoms with Crippen LogP contribution in [0, 0.1) is 0 Å². The summed E-state index contributed by atoms with van der Waals surface area (Å²) in [6.45, 7) is 3.27. The highest BCUT2D eigenvalue weighted by molar-refractivity contribution is 8.00. The van der Waals surface area contributed by atoms with Crippen molar-refractivity contribution >= 4 is 24.2 Å². The quantitative estimate of drug-likeness (QED) is 0.656. The first-order valence-corrected chi connectivity index (χ1v) is 5.39. The Morgan fingerprint density at radius 2 is 2.17 bits per heavy atom. The Morgan fingerprint density at radius 1 is 1.25 bits per heavy atom. The molecule has 0 aliphatic carbocycles. The van der Waals surface area contributed by atoms with Crippen LogP contribution in [0.25, 0.3) is 0 Å². The van der Waals surface area contributed by atoms with Crippen LogP contribution in [0.4, 0.5) is 0 Å². The number of thioether (sulfide) groups is 1. The van der Waals surface area contributed by atoms with Crippen LogP contribution in [0.2, 0.25) is 0 Å². The van der Waals surface area contributed by atoms with E-state index in [2.05, 4.69) is 5.32 Å². The van der Waals surface area contributed by atoms with Gasteiger partial charge in [0.05, 0.1) is 6.61 Å². The molecule has 72 valence electrons. The van der Waals surface area contributed by atoms with E-state index in [0.717, 1.165) is 13.2 Å². The van der Waals surface area contributed by atoms with Gasteiger partial charge in [0.1, 0.15) is 4.93 Å². The Hall–Kier alpha value is 0.560. The molecule has 2 nitrogen and oxygen atoms in total. The van der Waals surface area contributed by atoms with Crippen LogP contribution in [0.15, 0.2) is 0 Å². The Bertz CT molecular complexity index is 129. The second-order valence-electron chi connectivity index (χ2n) is 3.21. The topological polar surface area (TPSA) is 21.3 Å². The van der Waals surface area contributed by atoms with Gasteiger partial charge in [0.15, 0.2) is 0 Å².